The van der Waals surface area contributed by atoms with Crippen LogP contribution in [0.25, 0.3) is 0 Å². The summed E-state index contributed by atoms with van der Waals surface area (Å²) >= 11 is 0. The van der Waals surface area contributed by atoms with Gasteiger partial charge in [0.1, 0.15) is 0 Å². The molecule has 0 aliphatic rings. The van der Waals surface area contributed by atoms with Crippen LogP contribution in [0.2, 0.25) is 0 Å². The quantitative estimate of drug-likeness (QED) is 0.532. The van der Waals surface area contributed by atoms with Gasteiger partial charge in [-0.2, -0.15) is 0 Å². The van der Waals surface area contributed by atoms with E-state index in [0.29, 0.717) is 0 Å². The molecule has 34 valence electrons. The van der Waals surface area contributed by atoms with E-state index in [2.05, 4.69) is 0 Å². The van der Waals surface area contributed by atoms with Crippen LogP contribution in [0, 0.1) is 0 Å². The molecule has 4 heavy (non-hydrogen) atoms. The van der Waals surface area contributed by atoms with Gasteiger partial charge in [-0.25, -0.2) is 0 Å². The zero-order valence-electron chi connectivity index (χ0n) is 1.42. The van der Waals surface area contributed by atoms with Crippen molar-refractivity contribution in [3.8, 4) is 0 Å². The summed E-state index contributed by atoms with van der Waals surface area (Å²) in [6.45, 7) is 0. The molecule has 0 heterocycles. The summed E-state index contributed by atoms with van der Waals surface area (Å²) < 4.78 is 0. The van der Waals surface area contributed by atoms with Gasteiger partial charge in [0.05, 0.1) is 0 Å². The third-order valence-corrected chi connectivity index (χ3v) is 0. The molecule has 0 spiro atoms. The first-order valence-electron chi connectivity index (χ1n) is 0. The van der Waals surface area contributed by atoms with Crippen LogP contribution in [0.15, 0.2) is 0 Å². The Morgan fingerprint density at radius 2 is 0.750 bits per heavy atom. The van der Waals surface area contributed by atoms with Gasteiger partial charge in [0.2, 0.25) is 0 Å². The predicted molar refractivity (Wildman–Crippen MR) is 0 cm³/mol. The molecule has 0 unspecified atom stereocenters. The molecule has 0 nitrogen and oxygen atoms in total. The van der Waals surface area contributed by atoms with E-state index in [1.807, 2.05) is 0 Å². The van der Waals surface area contributed by atoms with Gasteiger partial charge in [-0.3, -0.25) is 0 Å². The summed E-state index contributed by atoms with van der Waals surface area (Å²) in [5.74, 6) is 0. The molecule has 0 aliphatic carbocycles. The van der Waals surface area contributed by atoms with Gasteiger partial charge in [-0.1, -0.05) is 0 Å². The number of rotatable bonds is 0. The standard InChI is InChI=1S/Cr.2Cu.W. The molecular formula is CrCu2W. The van der Waals surface area contributed by atoms with Crippen molar-refractivity contribution in [2.75, 3.05) is 0 Å². The molecule has 0 N–H and O–H groups in total. The Bertz CT molecular complexity index is 6.00. The predicted octanol–water partition coefficient (Wildman–Crippen LogP) is -0.0100. The van der Waals surface area contributed by atoms with Crippen molar-refractivity contribution in [1.29, 1.82) is 0 Å². The molecule has 4 heteroatoms. The van der Waals surface area contributed by atoms with Crippen LogP contribution in [0.4, 0.5) is 0 Å². The van der Waals surface area contributed by atoms with Crippen molar-refractivity contribution in [3.63, 3.8) is 0 Å². The molecule has 0 atom stereocenters. The fraction of sp³-hybridized carbons (Fsp3) is 0. The topological polar surface area (TPSA) is 0 Å². The molecule has 0 aromatic carbocycles. The van der Waals surface area contributed by atoms with Crippen LogP contribution in [0.1, 0.15) is 0 Å². The van der Waals surface area contributed by atoms with Crippen molar-refractivity contribution < 1.29 is 72.6 Å². The Morgan fingerprint density at radius 1 is 0.750 bits per heavy atom. The minimum atomic E-state index is 0. The van der Waals surface area contributed by atoms with Crippen LogP contribution >= 0.6 is 0 Å². The molecule has 2 radical (unpaired) electrons. The Hall–Kier alpha value is 2.26. The van der Waals surface area contributed by atoms with Gasteiger partial charge >= 0.3 is 0 Å². The van der Waals surface area contributed by atoms with E-state index in [0.717, 1.165) is 0 Å². The second kappa shape index (κ2) is 18.7. The van der Waals surface area contributed by atoms with Gasteiger partial charge in [0.15, 0.2) is 0 Å². The van der Waals surface area contributed by atoms with Crippen LogP contribution in [-0.4, -0.2) is 0 Å². The zero-order valence-corrected chi connectivity index (χ0v) is 7.51. The SMILES string of the molecule is [Cr].[Cu].[Cu].[W]. The minimum absolute atomic E-state index is 0. The Balaban J connectivity index is 0. The normalized spacial score (nSPS) is 0. The average molecular weight is 363 g/mol. The average Bonchev–Trinajstić information content (AvgIpc) is 0. The maximum atomic E-state index is 0. The number of hydrogen-bond acceptors (Lipinski definition) is 0. The van der Waals surface area contributed by atoms with E-state index in [9.17, 15) is 0 Å². The van der Waals surface area contributed by atoms with E-state index in [1.165, 1.54) is 0 Å². The first-order valence-corrected chi connectivity index (χ1v) is 0. The van der Waals surface area contributed by atoms with E-state index in [-0.39, 0.29) is 72.6 Å². The molecule has 0 aromatic rings. The molecule has 0 amide bonds. The molecule has 0 saturated heterocycles. The molecule has 0 saturated carbocycles. The fourth-order valence-electron chi connectivity index (χ4n) is 0. The second-order valence-corrected chi connectivity index (χ2v) is 0. The van der Waals surface area contributed by atoms with Crippen molar-refractivity contribution in [3.05, 3.63) is 0 Å². The summed E-state index contributed by atoms with van der Waals surface area (Å²) in [5, 5.41) is 0. The first-order chi connectivity index (χ1) is 0. The van der Waals surface area contributed by atoms with Gasteiger partial charge in [0.25, 0.3) is 0 Å². The second-order valence-electron chi connectivity index (χ2n) is 0. The summed E-state index contributed by atoms with van der Waals surface area (Å²) in [7, 11) is 0. The van der Waals surface area contributed by atoms with Crippen molar-refractivity contribution in [2.24, 2.45) is 0 Å². The molecule has 0 rings (SSSR count). The van der Waals surface area contributed by atoms with Crippen LogP contribution in [0.5, 0.6) is 0 Å². The van der Waals surface area contributed by atoms with Crippen molar-refractivity contribution in [2.45, 2.75) is 0 Å². The van der Waals surface area contributed by atoms with Gasteiger partial charge in [-0.05, 0) is 0 Å². The Labute approximate surface area is 71.8 Å². The largest absolute Gasteiger partial charge is 0 e. The smallest absolute Gasteiger partial charge is 0 e. The maximum Gasteiger partial charge on any atom is 0 e. The van der Waals surface area contributed by atoms with Crippen molar-refractivity contribution in [1.82, 2.24) is 0 Å². The van der Waals surface area contributed by atoms with Gasteiger partial charge < -0.3 is 0 Å². The van der Waals surface area contributed by atoms with E-state index < -0.39 is 0 Å². The van der Waals surface area contributed by atoms with Gasteiger partial charge in [0, 0.05) is 72.6 Å². The molecule has 0 bridgehead atoms. The summed E-state index contributed by atoms with van der Waals surface area (Å²) in [6.07, 6.45) is 0. The summed E-state index contributed by atoms with van der Waals surface area (Å²) in [6, 6.07) is 0. The minimum Gasteiger partial charge on any atom is 0 e. The fourth-order valence-corrected chi connectivity index (χ4v) is 0. The Morgan fingerprint density at radius 3 is 0.750 bits per heavy atom. The van der Waals surface area contributed by atoms with E-state index in [1.54, 1.807) is 0 Å². The third kappa shape index (κ3) is 8.86. The zero-order chi connectivity index (χ0) is 0. The first kappa shape index (κ1) is 33.9. The molecule has 0 fully saturated rings. The van der Waals surface area contributed by atoms with Crippen LogP contribution < -0.4 is 0 Å². The monoisotopic (exact) mass is 362 g/mol. The number of hydrogen-bond donors (Lipinski definition) is 0. The van der Waals surface area contributed by atoms with E-state index in [4.69, 9.17) is 0 Å². The molecule has 0 aliphatic heterocycles. The van der Waals surface area contributed by atoms with E-state index >= 15 is 0 Å². The van der Waals surface area contributed by atoms with Crippen LogP contribution in [0.3, 0.4) is 0 Å². The van der Waals surface area contributed by atoms with Crippen molar-refractivity contribution >= 4 is 0 Å². The third-order valence-electron chi connectivity index (χ3n) is 0. The summed E-state index contributed by atoms with van der Waals surface area (Å²) in [5.41, 5.74) is 0. The molecule has 0 aromatic heterocycles. The Kier molecular flexibility index (Phi) is 158. The van der Waals surface area contributed by atoms with Gasteiger partial charge in [-0.15, -0.1) is 0 Å². The van der Waals surface area contributed by atoms with Crippen LogP contribution in [-0.2, 0) is 72.6 Å². The molecular weight excluding hydrogens is 363 g/mol. The summed E-state index contributed by atoms with van der Waals surface area (Å²) in [4.78, 5) is 0. The maximum absolute atomic E-state index is 0.